The molecule has 2 aromatic heterocycles. The van der Waals surface area contributed by atoms with E-state index in [4.69, 9.17) is 4.74 Å². The van der Waals surface area contributed by atoms with Gasteiger partial charge in [-0.25, -0.2) is 19.3 Å². The molecule has 10 heteroatoms. The summed E-state index contributed by atoms with van der Waals surface area (Å²) in [5, 5.41) is 11.8. The van der Waals surface area contributed by atoms with Crippen LogP contribution in [0.2, 0.25) is 0 Å². The SMILES string of the molecule is COc1ncncc1C(O)(c1ccc(-c2ccc(OCC(F)(F)F)nc2)cc1F)C(C)(C)C. The molecule has 3 rings (SSSR count). The zero-order valence-electron chi connectivity index (χ0n) is 18.4. The summed E-state index contributed by atoms with van der Waals surface area (Å²) in [6.07, 6.45) is -0.548. The average Bonchev–Trinajstić information content (AvgIpc) is 2.76. The molecule has 0 spiro atoms. The summed E-state index contributed by atoms with van der Waals surface area (Å²) >= 11 is 0. The van der Waals surface area contributed by atoms with Crippen molar-refractivity contribution in [2.24, 2.45) is 5.41 Å². The van der Waals surface area contributed by atoms with Crippen molar-refractivity contribution in [3.63, 3.8) is 0 Å². The number of hydrogen-bond donors (Lipinski definition) is 1. The number of rotatable bonds is 6. The van der Waals surface area contributed by atoms with E-state index in [9.17, 15) is 18.3 Å². The fourth-order valence-electron chi connectivity index (χ4n) is 3.46. The molecule has 6 nitrogen and oxygen atoms in total. The Kier molecular flexibility index (Phi) is 6.60. The molecule has 1 N–H and O–H groups in total. The molecule has 0 aliphatic heterocycles. The van der Waals surface area contributed by atoms with E-state index in [0.717, 1.165) is 0 Å². The lowest BCUT2D eigenvalue weighted by Gasteiger charge is -2.41. The van der Waals surface area contributed by atoms with E-state index in [2.05, 4.69) is 19.7 Å². The lowest BCUT2D eigenvalue weighted by molar-refractivity contribution is -0.154. The van der Waals surface area contributed by atoms with Gasteiger partial charge >= 0.3 is 6.18 Å². The molecular weight excluding hydrogens is 442 g/mol. The second kappa shape index (κ2) is 8.93. The number of benzene rings is 1. The van der Waals surface area contributed by atoms with Crippen molar-refractivity contribution in [2.75, 3.05) is 13.7 Å². The van der Waals surface area contributed by atoms with Crippen LogP contribution in [0.5, 0.6) is 11.8 Å². The highest BCUT2D eigenvalue weighted by Crippen LogP contribution is 2.48. The van der Waals surface area contributed by atoms with Gasteiger partial charge in [0.2, 0.25) is 11.8 Å². The van der Waals surface area contributed by atoms with E-state index in [1.807, 2.05) is 0 Å². The van der Waals surface area contributed by atoms with E-state index in [-0.39, 0.29) is 22.9 Å². The third-order valence-corrected chi connectivity index (χ3v) is 5.16. The molecule has 0 fully saturated rings. The smallest absolute Gasteiger partial charge is 0.422 e. The number of halogens is 4. The maximum atomic E-state index is 15.4. The molecule has 0 saturated carbocycles. The van der Waals surface area contributed by atoms with Gasteiger partial charge in [-0.15, -0.1) is 0 Å². The van der Waals surface area contributed by atoms with Crippen LogP contribution >= 0.6 is 0 Å². The van der Waals surface area contributed by atoms with Crippen molar-refractivity contribution >= 4 is 0 Å². The molecule has 0 aliphatic carbocycles. The highest BCUT2D eigenvalue weighted by atomic mass is 19.4. The zero-order chi connectivity index (χ0) is 24.4. The Hall–Kier alpha value is -3.27. The number of methoxy groups -OCH3 is 1. The van der Waals surface area contributed by atoms with Gasteiger partial charge in [-0.1, -0.05) is 32.9 Å². The van der Waals surface area contributed by atoms with Crippen molar-refractivity contribution in [3.05, 3.63) is 66.0 Å². The van der Waals surface area contributed by atoms with Crippen LogP contribution in [-0.4, -0.2) is 40.0 Å². The third kappa shape index (κ3) is 5.05. The van der Waals surface area contributed by atoms with E-state index < -0.39 is 29.6 Å². The Morgan fingerprint density at radius 3 is 2.18 bits per heavy atom. The number of pyridine rings is 1. The molecule has 1 aromatic carbocycles. The summed E-state index contributed by atoms with van der Waals surface area (Å²) in [5.41, 5.74) is -1.65. The summed E-state index contributed by atoms with van der Waals surface area (Å²) in [5.74, 6) is -0.788. The largest absolute Gasteiger partial charge is 0.481 e. The minimum atomic E-state index is -4.48. The van der Waals surface area contributed by atoms with Gasteiger partial charge in [0.15, 0.2) is 6.61 Å². The molecule has 0 aliphatic rings. The second-order valence-corrected chi connectivity index (χ2v) is 8.39. The van der Waals surface area contributed by atoms with Crippen molar-refractivity contribution in [1.82, 2.24) is 15.0 Å². The van der Waals surface area contributed by atoms with E-state index in [0.29, 0.717) is 11.1 Å². The molecule has 3 aromatic rings. The minimum Gasteiger partial charge on any atom is -0.481 e. The summed E-state index contributed by atoms with van der Waals surface area (Å²) in [6.45, 7) is 3.78. The van der Waals surface area contributed by atoms with Crippen LogP contribution in [0, 0.1) is 11.2 Å². The first kappa shape index (κ1) is 24.4. The van der Waals surface area contributed by atoms with Crippen LogP contribution < -0.4 is 9.47 Å². The first-order valence-electron chi connectivity index (χ1n) is 9.89. The molecule has 0 saturated heterocycles. The maximum absolute atomic E-state index is 15.4. The van der Waals surface area contributed by atoms with Gasteiger partial charge in [-0.05, 0) is 23.1 Å². The van der Waals surface area contributed by atoms with Crippen molar-refractivity contribution < 1.29 is 32.1 Å². The molecule has 0 amide bonds. The molecule has 176 valence electrons. The van der Waals surface area contributed by atoms with Crippen LogP contribution in [0.4, 0.5) is 17.6 Å². The molecule has 33 heavy (non-hydrogen) atoms. The van der Waals surface area contributed by atoms with Crippen molar-refractivity contribution in [3.8, 4) is 22.9 Å². The fraction of sp³-hybridized carbons (Fsp3) is 0.348. The number of alkyl halides is 3. The van der Waals surface area contributed by atoms with Crippen LogP contribution in [0.3, 0.4) is 0 Å². The number of aromatic nitrogens is 3. The molecular formula is C23H23F4N3O3. The van der Waals surface area contributed by atoms with Gasteiger partial charge in [0, 0.05) is 29.6 Å². The van der Waals surface area contributed by atoms with Crippen LogP contribution in [-0.2, 0) is 5.60 Å². The lowest BCUT2D eigenvalue weighted by atomic mass is 9.68. The molecule has 1 atom stereocenters. The van der Waals surface area contributed by atoms with Gasteiger partial charge in [0.25, 0.3) is 0 Å². The molecule has 1 unspecified atom stereocenters. The van der Waals surface area contributed by atoms with Gasteiger partial charge in [-0.3, -0.25) is 0 Å². The lowest BCUT2D eigenvalue weighted by Crippen LogP contribution is -2.42. The fourth-order valence-corrected chi connectivity index (χ4v) is 3.46. The molecule has 0 bridgehead atoms. The normalized spacial score (nSPS) is 14.0. The first-order valence-corrected chi connectivity index (χ1v) is 9.89. The number of aliphatic hydroxyl groups is 1. The summed E-state index contributed by atoms with van der Waals surface area (Å²) in [4.78, 5) is 11.8. The Morgan fingerprint density at radius 1 is 0.939 bits per heavy atom. The number of nitrogens with zero attached hydrogens (tertiary/aromatic N) is 3. The van der Waals surface area contributed by atoms with Gasteiger partial charge in [0.05, 0.1) is 12.7 Å². The summed E-state index contributed by atoms with van der Waals surface area (Å²) < 4.78 is 62.1. The quantitative estimate of drug-likeness (QED) is 0.522. The highest BCUT2D eigenvalue weighted by molar-refractivity contribution is 5.64. The predicted octanol–water partition coefficient (Wildman–Crippen LogP) is 4.91. The van der Waals surface area contributed by atoms with Gasteiger partial charge < -0.3 is 14.6 Å². The van der Waals surface area contributed by atoms with Gasteiger partial charge in [-0.2, -0.15) is 13.2 Å². The average molecular weight is 465 g/mol. The number of hydrogen-bond acceptors (Lipinski definition) is 6. The first-order chi connectivity index (χ1) is 15.4. The highest BCUT2D eigenvalue weighted by Gasteiger charge is 2.47. The topological polar surface area (TPSA) is 77.4 Å². The van der Waals surface area contributed by atoms with E-state index >= 15 is 4.39 Å². The summed E-state index contributed by atoms with van der Waals surface area (Å²) in [7, 11) is 1.39. The Bertz CT molecular complexity index is 1120. The Balaban J connectivity index is 1.99. The van der Waals surface area contributed by atoms with Crippen molar-refractivity contribution in [1.29, 1.82) is 0 Å². The Morgan fingerprint density at radius 2 is 1.64 bits per heavy atom. The Labute approximate surface area is 188 Å². The summed E-state index contributed by atoms with van der Waals surface area (Å²) in [6, 6.07) is 6.98. The molecule has 0 radical (unpaired) electrons. The predicted molar refractivity (Wildman–Crippen MR) is 112 cm³/mol. The molecule has 2 heterocycles. The minimum absolute atomic E-state index is 0.00931. The van der Waals surface area contributed by atoms with Crippen LogP contribution in [0.1, 0.15) is 31.9 Å². The maximum Gasteiger partial charge on any atom is 0.422 e. The zero-order valence-corrected chi connectivity index (χ0v) is 18.4. The van der Waals surface area contributed by atoms with Crippen LogP contribution in [0.25, 0.3) is 11.1 Å². The van der Waals surface area contributed by atoms with Gasteiger partial charge in [0.1, 0.15) is 17.7 Å². The van der Waals surface area contributed by atoms with E-state index in [1.54, 1.807) is 26.8 Å². The second-order valence-electron chi connectivity index (χ2n) is 8.39. The monoisotopic (exact) mass is 465 g/mol. The van der Waals surface area contributed by atoms with Crippen molar-refractivity contribution in [2.45, 2.75) is 32.5 Å². The van der Waals surface area contributed by atoms with E-state index in [1.165, 1.54) is 50.1 Å². The van der Waals surface area contributed by atoms with Crippen LogP contribution in [0.15, 0.2) is 49.1 Å². The standard InChI is InChI=1S/C23H23F4N3O3/c1-21(2,3)23(31,17-11-28-13-30-20(17)32-4)16-7-5-14(9-18(16)24)15-6-8-19(29-10-15)33-12-22(25,26)27/h5-11,13,31H,12H2,1-4H3. The third-order valence-electron chi connectivity index (χ3n) is 5.16. The number of ether oxygens (including phenoxy) is 2.